The molecule has 7 aromatic carbocycles. The fourth-order valence-corrected chi connectivity index (χ4v) is 7.64. The minimum Gasteiger partial charge on any atom is -0.508 e. The molecule has 0 fully saturated rings. The van der Waals surface area contributed by atoms with Crippen molar-refractivity contribution in [1.29, 1.82) is 0 Å². The first kappa shape index (κ1) is 27.4. The van der Waals surface area contributed by atoms with Gasteiger partial charge in [0.15, 0.2) is 0 Å². The Hall–Kier alpha value is -5.93. The highest BCUT2D eigenvalue weighted by Gasteiger charge is 2.42. The molecule has 0 bridgehead atoms. The zero-order chi connectivity index (χ0) is 31.5. The molecule has 47 heavy (non-hydrogen) atoms. The van der Waals surface area contributed by atoms with Crippen LogP contribution in [0.25, 0.3) is 22.3 Å². The van der Waals surface area contributed by atoms with Crippen LogP contribution < -0.4 is 37.7 Å². The van der Waals surface area contributed by atoms with Crippen molar-refractivity contribution in [3.05, 3.63) is 164 Å². The van der Waals surface area contributed by atoms with Crippen LogP contribution in [0.2, 0.25) is 0 Å². The van der Waals surface area contributed by atoms with E-state index < -0.39 is 0 Å². The van der Waals surface area contributed by atoms with Gasteiger partial charge in [-0.2, -0.15) is 0 Å². The van der Waals surface area contributed by atoms with E-state index in [2.05, 4.69) is 120 Å². The lowest BCUT2D eigenvalue weighted by Gasteiger charge is -2.43. The van der Waals surface area contributed by atoms with Gasteiger partial charge in [0.2, 0.25) is 13.4 Å². The Balaban J connectivity index is 1.20. The number of anilines is 3. The minimum atomic E-state index is 0.0778. The van der Waals surface area contributed by atoms with Gasteiger partial charge in [0.05, 0.1) is 0 Å². The van der Waals surface area contributed by atoms with Gasteiger partial charge >= 0.3 is 0 Å². The molecular formula is C42H29B2NO2. The van der Waals surface area contributed by atoms with Crippen LogP contribution in [0, 0.1) is 0 Å². The summed E-state index contributed by atoms with van der Waals surface area (Å²) in [5.74, 6) is 0.548. The topological polar surface area (TPSA) is 43.7 Å². The molecule has 9 rings (SSSR count). The Kier molecular flexibility index (Phi) is 6.32. The highest BCUT2D eigenvalue weighted by Crippen LogP contribution is 2.37. The molecule has 2 aliphatic rings. The van der Waals surface area contributed by atoms with E-state index in [0.717, 1.165) is 22.3 Å². The average Bonchev–Trinajstić information content (AvgIpc) is 3.12. The lowest BCUT2D eigenvalue weighted by molar-refractivity contribution is 0.475. The Morgan fingerprint density at radius 1 is 0.340 bits per heavy atom. The molecule has 0 unspecified atom stereocenters. The van der Waals surface area contributed by atoms with Crippen LogP contribution >= 0.6 is 0 Å². The molecule has 7 aromatic rings. The van der Waals surface area contributed by atoms with Gasteiger partial charge < -0.3 is 15.1 Å². The van der Waals surface area contributed by atoms with Crippen molar-refractivity contribution in [3.8, 4) is 33.8 Å². The van der Waals surface area contributed by atoms with Gasteiger partial charge in [-0.15, -0.1) is 0 Å². The SMILES string of the molecule is Oc1ccc(-c2ccc(B3c4ccccc4N4c5ccccc5B(c5ccc(-c6ccc(O)cc6)cc5)c5cccc3c54)cc2)cc1. The highest BCUT2D eigenvalue weighted by atomic mass is 16.3. The van der Waals surface area contributed by atoms with Crippen LogP contribution in [-0.4, -0.2) is 23.6 Å². The van der Waals surface area contributed by atoms with Gasteiger partial charge in [-0.05, 0) is 80.5 Å². The number of rotatable bonds is 4. The monoisotopic (exact) mass is 601 g/mol. The van der Waals surface area contributed by atoms with Crippen LogP contribution in [0.3, 0.4) is 0 Å². The second kappa shape index (κ2) is 10.9. The molecule has 2 heterocycles. The average molecular weight is 601 g/mol. The van der Waals surface area contributed by atoms with Crippen LogP contribution in [0.15, 0.2) is 164 Å². The standard InChI is InChI=1S/C42H29B2NO2/c46-34-24-16-30(17-25-34)28-12-20-32(21-13-28)43-36-6-1-3-10-40(36)45-41-11-4-2-7-37(41)44(39-9-5-8-38(43)42(39)45)33-22-14-29(15-23-33)31-18-26-35(47)27-19-31/h1-27,46-47H. The molecule has 0 aromatic heterocycles. The first-order chi connectivity index (χ1) is 23.1. The molecule has 0 aliphatic carbocycles. The van der Waals surface area contributed by atoms with Crippen molar-refractivity contribution in [2.75, 3.05) is 4.90 Å². The third-order valence-corrected chi connectivity index (χ3v) is 9.81. The first-order valence-electron chi connectivity index (χ1n) is 16.0. The number of aromatic hydroxyl groups is 2. The summed E-state index contributed by atoms with van der Waals surface area (Å²) < 4.78 is 0. The fraction of sp³-hybridized carbons (Fsp3) is 0. The second-order valence-electron chi connectivity index (χ2n) is 12.4. The quantitative estimate of drug-likeness (QED) is 0.260. The first-order valence-corrected chi connectivity index (χ1v) is 16.0. The molecule has 3 nitrogen and oxygen atoms in total. The summed E-state index contributed by atoms with van der Waals surface area (Å²) in [6.07, 6.45) is 0. The Labute approximate surface area is 275 Å². The minimum absolute atomic E-state index is 0.0778. The number of hydrogen-bond acceptors (Lipinski definition) is 3. The van der Waals surface area contributed by atoms with Gasteiger partial charge in [0.1, 0.15) is 11.5 Å². The van der Waals surface area contributed by atoms with Crippen LogP contribution in [0.4, 0.5) is 17.1 Å². The summed E-state index contributed by atoms with van der Waals surface area (Å²) in [5, 5.41) is 19.6. The molecule has 0 amide bonds. The molecule has 220 valence electrons. The number of benzene rings is 7. The number of phenols is 2. The predicted molar refractivity (Wildman–Crippen MR) is 198 cm³/mol. The van der Waals surface area contributed by atoms with E-state index in [0.29, 0.717) is 0 Å². The summed E-state index contributed by atoms with van der Waals surface area (Å²) in [6.45, 7) is 0.156. The second-order valence-corrected chi connectivity index (χ2v) is 12.4. The number of hydrogen-bond donors (Lipinski definition) is 2. The maximum Gasteiger partial charge on any atom is 0.246 e. The highest BCUT2D eigenvalue weighted by molar-refractivity contribution is 7.02. The molecule has 0 spiro atoms. The molecule has 2 aliphatic heterocycles. The summed E-state index contributed by atoms with van der Waals surface area (Å²) in [6, 6.07) is 57.1. The van der Waals surface area contributed by atoms with E-state index in [1.165, 1.54) is 49.8 Å². The summed E-state index contributed by atoms with van der Waals surface area (Å²) in [4.78, 5) is 2.48. The summed E-state index contributed by atoms with van der Waals surface area (Å²) in [7, 11) is 0. The molecule has 0 radical (unpaired) electrons. The van der Waals surface area contributed by atoms with E-state index >= 15 is 0 Å². The van der Waals surface area contributed by atoms with Gasteiger partial charge in [0, 0.05) is 17.1 Å². The third-order valence-electron chi connectivity index (χ3n) is 9.81. The van der Waals surface area contributed by atoms with Crippen molar-refractivity contribution >= 4 is 63.3 Å². The van der Waals surface area contributed by atoms with Crippen molar-refractivity contribution in [3.63, 3.8) is 0 Å². The number of nitrogens with zero attached hydrogens (tertiary/aromatic N) is 1. The number of phenolic OH excluding ortho intramolecular Hbond substituents is 2. The van der Waals surface area contributed by atoms with Crippen molar-refractivity contribution in [2.24, 2.45) is 0 Å². The van der Waals surface area contributed by atoms with Crippen molar-refractivity contribution < 1.29 is 10.2 Å². The third kappa shape index (κ3) is 4.46. The van der Waals surface area contributed by atoms with Crippen molar-refractivity contribution in [1.82, 2.24) is 0 Å². The number of para-hydroxylation sites is 3. The Morgan fingerprint density at radius 3 is 1.09 bits per heavy atom. The Bertz CT molecular complexity index is 2110. The predicted octanol–water partition coefficient (Wildman–Crippen LogP) is 5.56. The number of fused-ring (bicyclic) bond motifs is 4. The molecule has 0 atom stereocenters. The zero-order valence-electron chi connectivity index (χ0n) is 25.6. The lowest BCUT2D eigenvalue weighted by Crippen LogP contribution is -2.64. The maximum atomic E-state index is 9.78. The normalized spacial score (nSPS) is 12.7. The van der Waals surface area contributed by atoms with E-state index in [1.54, 1.807) is 24.3 Å². The molecule has 5 heteroatoms. The summed E-state index contributed by atoms with van der Waals surface area (Å²) >= 11 is 0. The smallest absolute Gasteiger partial charge is 0.246 e. The lowest BCUT2D eigenvalue weighted by atomic mass is 9.30. The van der Waals surface area contributed by atoms with E-state index in [4.69, 9.17) is 0 Å². The van der Waals surface area contributed by atoms with Gasteiger partial charge in [-0.1, -0.05) is 138 Å². The van der Waals surface area contributed by atoms with Crippen LogP contribution in [0.5, 0.6) is 11.5 Å². The molecule has 0 saturated carbocycles. The van der Waals surface area contributed by atoms with E-state index in [1.807, 2.05) is 24.3 Å². The van der Waals surface area contributed by atoms with Crippen molar-refractivity contribution in [2.45, 2.75) is 0 Å². The maximum absolute atomic E-state index is 9.78. The van der Waals surface area contributed by atoms with Gasteiger partial charge in [-0.25, -0.2) is 0 Å². The molecular weight excluding hydrogens is 572 g/mol. The van der Waals surface area contributed by atoms with Gasteiger partial charge in [0.25, 0.3) is 0 Å². The van der Waals surface area contributed by atoms with E-state index in [-0.39, 0.29) is 24.9 Å². The largest absolute Gasteiger partial charge is 0.508 e. The summed E-state index contributed by atoms with van der Waals surface area (Å²) in [5.41, 5.74) is 15.8. The van der Waals surface area contributed by atoms with Crippen LogP contribution in [-0.2, 0) is 0 Å². The molecule has 2 N–H and O–H groups in total. The zero-order valence-corrected chi connectivity index (χ0v) is 25.6. The molecule has 0 saturated heterocycles. The van der Waals surface area contributed by atoms with Crippen LogP contribution in [0.1, 0.15) is 0 Å². The Morgan fingerprint density at radius 2 is 0.681 bits per heavy atom. The fourth-order valence-electron chi connectivity index (χ4n) is 7.64. The van der Waals surface area contributed by atoms with E-state index in [9.17, 15) is 10.2 Å². The van der Waals surface area contributed by atoms with Gasteiger partial charge in [-0.3, -0.25) is 0 Å².